The summed E-state index contributed by atoms with van der Waals surface area (Å²) in [5.74, 6) is -2.13. The van der Waals surface area contributed by atoms with Crippen LogP contribution in [0.5, 0.6) is 0 Å². The molecular formula is C19H22F3N5O4S. The average molecular weight is 473 g/mol. The molecule has 2 aromatic rings. The first-order valence-corrected chi connectivity index (χ1v) is 10.6. The number of aryl methyl sites for hydroxylation is 1. The molecule has 2 saturated heterocycles. The number of nitrogens with one attached hydrogen (secondary N) is 1. The number of amides is 1. The van der Waals surface area contributed by atoms with Gasteiger partial charge in [-0.2, -0.15) is 13.2 Å². The van der Waals surface area contributed by atoms with E-state index < -0.39 is 12.1 Å². The number of carbonyl (C=O) groups excluding carboxylic acids is 1. The van der Waals surface area contributed by atoms with Crippen molar-refractivity contribution in [3.05, 3.63) is 40.4 Å². The number of hydrogen-bond donors (Lipinski definition) is 2. The van der Waals surface area contributed by atoms with Crippen molar-refractivity contribution in [3.63, 3.8) is 0 Å². The predicted octanol–water partition coefficient (Wildman–Crippen LogP) is 1.75. The summed E-state index contributed by atoms with van der Waals surface area (Å²) in [6.07, 6.45) is -0.252. The van der Waals surface area contributed by atoms with Gasteiger partial charge in [-0.3, -0.25) is 14.7 Å². The number of carbonyl (C=O) groups is 2. The van der Waals surface area contributed by atoms with Gasteiger partial charge < -0.3 is 15.2 Å². The number of likely N-dealkylation sites (tertiary alicyclic amines) is 1. The van der Waals surface area contributed by atoms with Crippen molar-refractivity contribution in [1.29, 1.82) is 0 Å². The standard InChI is InChI=1S/C17H21N5O2S.C2HF3O2/c1-11-10-25-16(21-11)8-22-6-13-12(9-24-15(13)7-22)4-20-17(23)14-5-18-2-3-19-14;3-2(4,5)1(6)7/h2-3,5,10,12-13,15H,4,6-9H2,1H3,(H,20,23);(H,6,7)/t12-,13-,15-;/m1./s1. The van der Waals surface area contributed by atoms with Gasteiger partial charge in [-0.1, -0.05) is 0 Å². The summed E-state index contributed by atoms with van der Waals surface area (Å²) in [5.41, 5.74) is 1.44. The van der Waals surface area contributed by atoms with Crippen LogP contribution < -0.4 is 5.32 Å². The van der Waals surface area contributed by atoms with Crippen LogP contribution in [0.4, 0.5) is 13.2 Å². The maximum atomic E-state index is 12.1. The van der Waals surface area contributed by atoms with E-state index in [1.165, 1.54) is 12.4 Å². The monoisotopic (exact) mass is 473 g/mol. The molecule has 2 fully saturated rings. The van der Waals surface area contributed by atoms with E-state index in [0.717, 1.165) is 30.3 Å². The fraction of sp³-hybridized carbons (Fsp3) is 0.526. The number of alkyl halides is 3. The van der Waals surface area contributed by atoms with Crippen molar-refractivity contribution in [3.8, 4) is 0 Å². The second-order valence-corrected chi connectivity index (χ2v) is 8.42. The molecule has 13 heteroatoms. The van der Waals surface area contributed by atoms with Crippen LogP contribution in [0.2, 0.25) is 0 Å². The van der Waals surface area contributed by atoms with E-state index in [1.54, 1.807) is 17.5 Å². The second kappa shape index (κ2) is 10.3. The summed E-state index contributed by atoms with van der Waals surface area (Å²) in [5, 5.41) is 13.3. The number of thiazole rings is 1. The molecule has 3 atom stereocenters. The minimum atomic E-state index is -5.08. The highest BCUT2D eigenvalue weighted by molar-refractivity contribution is 7.09. The molecule has 2 aliphatic heterocycles. The number of rotatable bonds is 5. The smallest absolute Gasteiger partial charge is 0.475 e. The molecule has 0 aliphatic carbocycles. The van der Waals surface area contributed by atoms with Gasteiger partial charge >= 0.3 is 12.1 Å². The molecule has 32 heavy (non-hydrogen) atoms. The summed E-state index contributed by atoms with van der Waals surface area (Å²) < 4.78 is 37.7. The Morgan fingerprint density at radius 2 is 2.09 bits per heavy atom. The first-order chi connectivity index (χ1) is 15.1. The Hall–Kier alpha value is -2.64. The van der Waals surface area contributed by atoms with Crippen molar-refractivity contribution in [2.45, 2.75) is 25.7 Å². The number of halogens is 3. The maximum absolute atomic E-state index is 12.1. The number of aliphatic carboxylic acids is 1. The van der Waals surface area contributed by atoms with Crippen LogP contribution in [0.1, 0.15) is 21.2 Å². The first kappa shape index (κ1) is 24.0. The minimum Gasteiger partial charge on any atom is -0.475 e. The van der Waals surface area contributed by atoms with Gasteiger partial charge in [0.25, 0.3) is 5.91 Å². The molecule has 2 N–H and O–H groups in total. The van der Waals surface area contributed by atoms with Crippen LogP contribution in [0.3, 0.4) is 0 Å². The van der Waals surface area contributed by atoms with E-state index in [0.29, 0.717) is 30.7 Å². The lowest BCUT2D eigenvalue weighted by Crippen LogP contribution is -2.34. The van der Waals surface area contributed by atoms with Gasteiger partial charge in [0.15, 0.2) is 0 Å². The number of ether oxygens (including phenoxy) is 1. The van der Waals surface area contributed by atoms with Crippen molar-refractivity contribution < 1.29 is 32.6 Å². The summed E-state index contributed by atoms with van der Waals surface area (Å²) in [6, 6.07) is 0. The second-order valence-electron chi connectivity index (χ2n) is 7.48. The summed E-state index contributed by atoms with van der Waals surface area (Å²) in [6.45, 7) is 6.17. The molecule has 1 amide bonds. The lowest BCUT2D eigenvalue weighted by Gasteiger charge is -2.19. The Morgan fingerprint density at radius 1 is 1.34 bits per heavy atom. The third-order valence-electron chi connectivity index (χ3n) is 5.10. The number of nitrogens with zero attached hydrogens (tertiary/aromatic N) is 4. The lowest BCUT2D eigenvalue weighted by atomic mass is 9.93. The zero-order valence-electron chi connectivity index (χ0n) is 17.1. The number of carboxylic acids is 1. The summed E-state index contributed by atoms with van der Waals surface area (Å²) in [4.78, 5) is 35.9. The molecule has 0 unspecified atom stereocenters. The lowest BCUT2D eigenvalue weighted by molar-refractivity contribution is -0.192. The molecule has 0 saturated carbocycles. The van der Waals surface area contributed by atoms with Crippen molar-refractivity contribution >= 4 is 23.2 Å². The zero-order chi connectivity index (χ0) is 23.3. The average Bonchev–Trinajstić information content (AvgIpc) is 3.43. The predicted molar refractivity (Wildman–Crippen MR) is 107 cm³/mol. The van der Waals surface area contributed by atoms with E-state index in [2.05, 4.69) is 30.5 Å². The molecule has 2 aliphatic rings. The van der Waals surface area contributed by atoms with Gasteiger partial charge in [0.1, 0.15) is 10.7 Å². The fourth-order valence-electron chi connectivity index (χ4n) is 3.62. The van der Waals surface area contributed by atoms with Crippen LogP contribution in [0.15, 0.2) is 24.0 Å². The van der Waals surface area contributed by atoms with Crippen molar-refractivity contribution in [1.82, 2.24) is 25.2 Å². The Bertz CT molecular complexity index is 927. The van der Waals surface area contributed by atoms with E-state index in [-0.39, 0.29) is 12.0 Å². The third-order valence-corrected chi connectivity index (χ3v) is 6.05. The molecule has 2 aromatic heterocycles. The largest absolute Gasteiger partial charge is 0.490 e. The van der Waals surface area contributed by atoms with E-state index in [1.807, 2.05) is 6.92 Å². The maximum Gasteiger partial charge on any atom is 0.490 e. The van der Waals surface area contributed by atoms with E-state index in [4.69, 9.17) is 14.6 Å². The van der Waals surface area contributed by atoms with Crippen LogP contribution >= 0.6 is 11.3 Å². The molecule has 0 spiro atoms. The van der Waals surface area contributed by atoms with Gasteiger partial charge in [-0.15, -0.1) is 11.3 Å². The van der Waals surface area contributed by atoms with Crippen LogP contribution in [0.25, 0.3) is 0 Å². The Morgan fingerprint density at radius 3 is 2.69 bits per heavy atom. The van der Waals surface area contributed by atoms with Crippen molar-refractivity contribution in [2.24, 2.45) is 11.8 Å². The fourth-order valence-corrected chi connectivity index (χ4v) is 4.43. The summed E-state index contributed by atoms with van der Waals surface area (Å²) >= 11 is 1.71. The SMILES string of the molecule is Cc1csc(CN2C[C@@H]3[C@H](CNC(=O)c4cnccn4)CO[C@@H]3C2)n1.O=C(O)C(F)(F)F. The van der Waals surface area contributed by atoms with Gasteiger partial charge in [0.05, 0.1) is 25.5 Å². The van der Waals surface area contributed by atoms with E-state index in [9.17, 15) is 18.0 Å². The normalized spacial score (nSPS) is 22.7. The molecule has 9 nitrogen and oxygen atoms in total. The Balaban J connectivity index is 0.000000360. The van der Waals surface area contributed by atoms with E-state index >= 15 is 0 Å². The van der Waals surface area contributed by atoms with Gasteiger partial charge in [-0.05, 0) is 6.92 Å². The molecule has 4 rings (SSSR count). The Kier molecular flexibility index (Phi) is 7.74. The van der Waals surface area contributed by atoms with Crippen LogP contribution in [-0.4, -0.2) is 75.4 Å². The zero-order valence-corrected chi connectivity index (χ0v) is 17.9. The molecule has 0 aromatic carbocycles. The minimum absolute atomic E-state index is 0.176. The number of aromatic nitrogens is 3. The first-order valence-electron chi connectivity index (χ1n) is 9.72. The third kappa shape index (κ3) is 6.43. The number of carboxylic acid groups (broad SMARTS) is 1. The van der Waals surface area contributed by atoms with Crippen LogP contribution in [-0.2, 0) is 16.1 Å². The highest BCUT2D eigenvalue weighted by Crippen LogP contribution is 2.34. The topological polar surface area (TPSA) is 118 Å². The molecule has 174 valence electrons. The highest BCUT2D eigenvalue weighted by Gasteiger charge is 2.43. The van der Waals surface area contributed by atoms with Gasteiger partial charge in [0.2, 0.25) is 0 Å². The molecule has 4 heterocycles. The highest BCUT2D eigenvalue weighted by atomic mass is 32.1. The van der Waals surface area contributed by atoms with Gasteiger partial charge in [0, 0.05) is 54.9 Å². The summed E-state index contributed by atoms with van der Waals surface area (Å²) in [7, 11) is 0. The van der Waals surface area contributed by atoms with Gasteiger partial charge in [-0.25, -0.2) is 14.8 Å². The number of fused-ring (bicyclic) bond motifs is 1. The molecular weight excluding hydrogens is 451 g/mol. The quantitative estimate of drug-likeness (QED) is 0.675. The van der Waals surface area contributed by atoms with Crippen LogP contribution in [0, 0.1) is 18.8 Å². The molecule has 0 bridgehead atoms. The van der Waals surface area contributed by atoms with Crippen molar-refractivity contribution in [2.75, 3.05) is 26.2 Å². The molecule has 0 radical (unpaired) electrons. The Labute approximate surface area is 185 Å². The number of hydrogen-bond acceptors (Lipinski definition) is 8.